The molecule has 0 spiro atoms. The zero-order valence-electron chi connectivity index (χ0n) is 12.6. The Morgan fingerprint density at radius 1 is 1.57 bits per heavy atom. The van der Waals surface area contributed by atoms with Crippen LogP contribution in [-0.4, -0.2) is 33.1 Å². The fourth-order valence-corrected chi connectivity index (χ4v) is 2.78. The second-order valence-electron chi connectivity index (χ2n) is 5.48. The van der Waals surface area contributed by atoms with E-state index >= 15 is 0 Å². The van der Waals surface area contributed by atoms with Gasteiger partial charge in [-0.05, 0) is 26.3 Å². The van der Waals surface area contributed by atoms with Crippen molar-refractivity contribution in [1.29, 1.82) is 0 Å². The van der Waals surface area contributed by atoms with E-state index in [9.17, 15) is 9.90 Å². The fraction of sp³-hybridized carbons (Fsp3) is 0.467. The molecule has 0 saturated carbocycles. The van der Waals surface area contributed by atoms with Gasteiger partial charge in [-0.2, -0.15) is 0 Å². The summed E-state index contributed by atoms with van der Waals surface area (Å²) in [6, 6.07) is 1.78. The van der Waals surface area contributed by atoms with Crippen LogP contribution in [0.15, 0.2) is 17.6 Å². The van der Waals surface area contributed by atoms with E-state index in [-0.39, 0.29) is 12.5 Å². The van der Waals surface area contributed by atoms with Crippen LogP contribution in [0.25, 0.3) is 11.3 Å². The molecule has 0 aliphatic rings. The standard InChI is InChI=1S/C15H21N3O2S/c1-4-5-15(3,20)9-17-14(19)12-6-11(7-16-12)13-8-21-10(2)18-13/h6-8,16,20H,4-5,9H2,1-3H3,(H,17,19). The van der Waals surface area contributed by atoms with Crippen LogP contribution in [0, 0.1) is 6.92 Å². The van der Waals surface area contributed by atoms with Crippen molar-refractivity contribution in [1.82, 2.24) is 15.3 Å². The summed E-state index contributed by atoms with van der Waals surface area (Å²) in [6.45, 7) is 5.92. The summed E-state index contributed by atoms with van der Waals surface area (Å²) >= 11 is 1.58. The molecule has 0 fully saturated rings. The van der Waals surface area contributed by atoms with Crippen molar-refractivity contribution in [2.45, 2.75) is 39.2 Å². The van der Waals surface area contributed by atoms with Crippen LogP contribution in [0.3, 0.4) is 0 Å². The van der Waals surface area contributed by atoms with Gasteiger partial charge in [-0.25, -0.2) is 4.98 Å². The van der Waals surface area contributed by atoms with Crippen LogP contribution in [0.1, 0.15) is 42.2 Å². The molecule has 0 aliphatic carbocycles. The number of hydrogen-bond acceptors (Lipinski definition) is 4. The van der Waals surface area contributed by atoms with E-state index in [1.54, 1.807) is 30.5 Å². The smallest absolute Gasteiger partial charge is 0.267 e. The van der Waals surface area contributed by atoms with Crippen LogP contribution in [-0.2, 0) is 0 Å². The number of carbonyl (C=O) groups is 1. The van der Waals surface area contributed by atoms with Crippen LogP contribution in [0.2, 0.25) is 0 Å². The molecule has 1 unspecified atom stereocenters. The van der Waals surface area contributed by atoms with Crippen LogP contribution < -0.4 is 5.32 Å². The van der Waals surface area contributed by atoms with E-state index in [2.05, 4.69) is 15.3 Å². The quantitative estimate of drug-likeness (QED) is 0.768. The Morgan fingerprint density at radius 2 is 2.33 bits per heavy atom. The first-order valence-corrected chi connectivity index (χ1v) is 7.91. The molecule has 2 rings (SSSR count). The molecule has 2 aromatic rings. The number of aromatic amines is 1. The maximum atomic E-state index is 12.1. The number of hydrogen-bond donors (Lipinski definition) is 3. The van der Waals surface area contributed by atoms with E-state index in [1.165, 1.54) is 0 Å². The van der Waals surface area contributed by atoms with E-state index in [0.29, 0.717) is 12.1 Å². The van der Waals surface area contributed by atoms with E-state index in [1.807, 2.05) is 19.2 Å². The molecule has 0 bridgehead atoms. The molecule has 3 N–H and O–H groups in total. The third-order valence-electron chi connectivity index (χ3n) is 3.26. The number of nitrogens with zero attached hydrogens (tertiary/aromatic N) is 1. The monoisotopic (exact) mass is 307 g/mol. The highest BCUT2D eigenvalue weighted by Gasteiger charge is 2.20. The Labute approximate surface area is 128 Å². The van der Waals surface area contributed by atoms with Gasteiger partial charge in [0.05, 0.1) is 16.3 Å². The summed E-state index contributed by atoms with van der Waals surface area (Å²) in [5.74, 6) is -0.218. The third-order valence-corrected chi connectivity index (χ3v) is 4.03. The van der Waals surface area contributed by atoms with Gasteiger partial charge in [0.15, 0.2) is 0 Å². The lowest BCUT2D eigenvalue weighted by Gasteiger charge is -2.22. The first-order chi connectivity index (χ1) is 9.91. The van der Waals surface area contributed by atoms with Gasteiger partial charge >= 0.3 is 0 Å². The molecule has 0 radical (unpaired) electrons. The average Bonchev–Trinajstić information content (AvgIpc) is 3.04. The van der Waals surface area contributed by atoms with E-state index < -0.39 is 5.60 Å². The largest absolute Gasteiger partial charge is 0.388 e. The number of nitrogens with one attached hydrogen (secondary N) is 2. The lowest BCUT2D eigenvalue weighted by molar-refractivity contribution is 0.0468. The van der Waals surface area contributed by atoms with Gasteiger partial charge in [0.25, 0.3) is 5.91 Å². The summed E-state index contributed by atoms with van der Waals surface area (Å²) in [6.07, 6.45) is 3.30. The topological polar surface area (TPSA) is 78.0 Å². The highest BCUT2D eigenvalue weighted by Crippen LogP contribution is 2.22. The lowest BCUT2D eigenvalue weighted by Crippen LogP contribution is -2.40. The van der Waals surface area contributed by atoms with Gasteiger partial charge in [-0.3, -0.25) is 4.79 Å². The summed E-state index contributed by atoms with van der Waals surface area (Å²) < 4.78 is 0. The molecule has 5 nitrogen and oxygen atoms in total. The predicted molar refractivity (Wildman–Crippen MR) is 84.5 cm³/mol. The Morgan fingerprint density at radius 3 is 2.95 bits per heavy atom. The van der Waals surface area contributed by atoms with Gasteiger partial charge in [-0.1, -0.05) is 13.3 Å². The summed E-state index contributed by atoms with van der Waals surface area (Å²) in [5, 5.41) is 15.8. The fourth-order valence-electron chi connectivity index (χ4n) is 2.16. The molecule has 0 aliphatic heterocycles. The molecule has 1 amide bonds. The number of aryl methyl sites for hydroxylation is 1. The third kappa shape index (κ3) is 4.15. The lowest BCUT2D eigenvalue weighted by atomic mass is 10.0. The van der Waals surface area contributed by atoms with Crippen molar-refractivity contribution in [2.24, 2.45) is 0 Å². The molecule has 21 heavy (non-hydrogen) atoms. The number of aromatic nitrogens is 2. The molecular weight excluding hydrogens is 286 g/mol. The van der Waals surface area contributed by atoms with Crippen LogP contribution in [0.5, 0.6) is 0 Å². The van der Waals surface area contributed by atoms with Crippen LogP contribution in [0.4, 0.5) is 0 Å². The maximum absolute atomic E-state index is 12.1. The van der Waals surface area contributed by atoms with E-state index in [0.717, 1.165) is 22.7 Å². The minimum atomic E-state index is -0.869. The molecule has 0 saturated heterocycles. The Balaban J connectivity index is 1.99. The molecular formula is C15H21N3O2S. The molecule has 2 aromatic heterocycles. The van der Waals surface area contributed by atoms with Crippen molar-refractivity contribution < 1.29 is 9.90 Å². The van der Waals surface area contributed by atoms with Gasteiger partial charge in [0.1, 0.15) is 5.69 Å². The number of aliphatic hydroxyl groups is 1. The first kappa shape index (κ1) is 15.7. The molecule has 6 heteroatoms. The maximum Gasteiger partial charge on any atom is 0.267 e. The number of carbonyl (C=O) groups excluding carboxylic acids is 1. The average molecular weight is 307 g/mol. The SMILES string of the molecule is CCCC(C)(O)CNC(=O)c1cc(-c2csc(C)n2)c[nH]1. The van der Waals surface area contributed by atoms with Gasteiger partial charge in [0, 0.05) is 23.7 Å². The summed E-state index contributed by atoms with van der Waals surface area (Å²) in [4.78, 5) is 19.4. The second-order valence-corrected chi connectivity index (χ2v) is 6.55. The predicted octanol–water partition coefficient (Wildman–Crippen LogP) is 2.73. The summed E-state index contributed by atoms with van der Waals surface area (Å²) in [5.41, 5.74) is 1.37. The first-order valence-electron chi connectivity index (χ1n) is 7.03. The Bertz CT molecular complexity index is 616. The minimum Gasteiger partial charge on any atom is -0.388 e. The number of rotatable bonds is 6. The summed E-state index contributed by atoms with van der Waals surface area (Å²) in [7, 11) is 0. The Kier molecular flexibility index (Phi) is 4.80. The van der Waals surface area contributed by atoms with Crippen molar-refractivity contribution >= 4 is 17.2 Å². The van der Waals surface area contributed by atoms with Gasteiger partial charge < -0.3 is 15.4 Å². The zero-order valence-corrected chi connectivity index (χ0v) is 13.4. The highest BCUT2D eigenvalue weighted by atomic mass is 32.1. The molecule has 2 heterocycles. The van der Waals surface area contributed by atoms with Crippen molar-refractivity contribution in [2.75, 3.05) is 6.54 Å². The number of thiazole rings is 1. The van der Waals surface area contributed by atoms with Crippen molar-refractivity contribution in [3.8, 4) is 11.3 Å². The van der Waals surface area contributed by atoms with E-state index in [4.69, 9.17) is 0 Å². The normalized spacial score (nSPS) is 13.9. The van der Waals surface area contributed by atoms with Crippen molar-refractivity contribution in [3.63, 3.8) is 0 Å². The zero-order chi connectivity index (χ0) is 15.5. The molecule has 1 atom stereocenters. The molecule has 114 valence electrons. The highest BCUT2D eigenvalue weighted by molar-refractivity contribution is 7.09. The number of amides is 1. The van der Waals surface area contributed by atoms with Gasteiger partial charge in [0.2, 0.25) is 0 Å². The van der Waals surface area contributed by atoms with Crippen LogP contribution >= 0.6 is 11.3 Å². The second kappa shape index (κ2) is 6.41. The Hall–Kier alpha value is -1.66. The number of H-pyrrole nitrogens is 1. The molecule has 0 aromatic carbocycles. The minimum absolute atomic E-state index is 0.218. The van der Waals surface area contributed by atoms with Gasteiger partial charge in [-0.15, -0.1) is 11.3 Å². The van der Waals surface area contributed by atoms with Crippen molar-refractivity contribution in [3.05, 3.63) is 28.3 Å².